The first kappa shape index (κ1) is 12.2. The lowest BCUT2D eigenvalue weighted by molar-refractivity contribution is 0.0950. The molecule has 2 heterocycles. The number of nitrogens with zero attached hydrogens (tertiary/aromatic N) is 2. The van der Waals surface area contributed by atoms with Gasteiger partial charge >= 0.3 is 0 Å². The summed E-state index contributed by atoms with van der Waals surface area (Å²) in [5, 5.41) is 5.30. The third-order valence-corrected chi connectivity index (χ3v) is 4.00. The lowest BCUT2D eigenvalue weighted by atomic mass is 10.2. The number of carbonyl (C=O) groups is 1. The molecule has 19 heavy (non-hydrogen) atoms. The number of thiazole rings is 1. The van der Waals surface area contributed by atoms with E-state index >= 15 is 0 Å². The van der Waals surface area contributed by atoms with Gasteiger partial charge in [0, 0.05) is 17.8 Å². The summed E-state index contributed by atoms with van der Waals surface area (Å²) in [5.41, 5.74) is 1.49. The molecule has 6 heteroatoms. The van der Waals surface area contributed by atoms with E-state index < -0.39 is 0 Å². The van der Waals surface area contributed by atoms with E-state index in [-0.39, 0.29) is 5.91 Å². The smallest absolute Gasteiger partial charge is 0.253 e. The van der Waals surface area contributed by atoms with Crippen LogP contribution in [0.15, 0.2) is 42.0 Å². The Morgan fingerprint density at radius 1 is 1.42 bits per heavy atom. The van der Waals surface area contributed by atoms with Crippen molar-refractivity contribution >= 4 is 33.8 Å². The van der Waals surface area contributed by atoms with Crippen molar-refractivity contribution in [1.29, 1.82) is 0 Å². The van der Waals surface area contributed by atoms with Gasteiger partial charge in [0.15, 0.2) is 4.96 Å². The maximum atomic E-state index is 12.0. The second-order valence-electron chi connectivity index (χ2n) is 3.97. The Kier molecular flexibility index (Phi) is 3.23. The highest BCUT2D eigenvalue weighted by Gasteiger charge is 2.10. The van der Waals surface area contributed by atoms with Gasteiger partial charge in [-0.05, 0) is 12.1 Å². The molecule has 0 bridgehead atoms. The molecule has 3 aromatic rings. The van der Waals surface area contributed by atoms with Crippen molar-refractivity contribution in [3.63, 3.8) is 0 Å². The number of benzene rings is 1. The minimum atomic E-state index is -0.176. The standard InChI is InChI=1S/C13H10ClN3OS/c14-11-4-2-1-3-10(11)12(18)16-7-9-8-19-13-15-5-6-17(9)13/h1-6,8H,7H2,(H,16,18). The molecule has 0 saturated carbocycles. The molecule has 1 amide bonds. The van der Waals surface area contributed by atoms with Crippen LogP contribution >= 0.6 is 22.9 Å². The fourth-order valence-electron chi connectivity index (χ4n) is 1.81. The van der Waals surface area contributed by atoms with Gasteiger partial charge in [-0.1, -0.05) is 23.7 Å². The Morgan fingerprint density at radius 2 is 2.26 bits per heavy atom. The summed E-state index contributed by atoms with van der Waals surface area (Å²) in [6.07, 6.45) is 3.62. The molecule has 0 atom stereocenters. The van der Waals surface area contributed by atoms with E-state index in [0.717, 1.165) is 10.7 Å². The summed E-state index contributed by atoms with van der Waals surface area (Å²) in [7, 11) is 0. The second kappa shape index (κ2) is 5.03. The number of hydrogen-bond donors (Lipinski definition) is 1. The minimum absolute atomic E-state index is 0.176. The highest BCUT2D eigenvalue weighted by Crippen LogP contribution is 2.16. The summed E-state index contributed by atoms with van der Waals surface area (Å²) in [5.74, 6) is -0.176. The summed E-state index contributed by atoms with van der Waals surface area (Å²) in [6, 6.07) is 7.00. The maximum Gasteiger partial charge on any atom is 0.253 e. The summed E-state index contributed by atoms with van der Waals surface area (Å²) in [4.78, 5) is 17.1. The van der Waals surface area contributed by atoms with Crippen molar-refractivity contribution in [2.75, 3.05) is 0 Å². The maximum absolute atomic E-state index is 12.0. The van der Waals surface area contributed by atoms with Crippen LogP contribution in [0.4, 0.5) is 0 Å². The first-order chi connectivity index (χ1) is 9.25. The van der Waals surface area contributed by atoms with Crippen LogP contribution in [-0.2, 0) is 6.54 Å². The fraction of sp³-hybridized carbons (Fsp3) is 0.0769. The SMILES string of the molecule is O=C(NCc1csc2nccn12)c1ccccc1Cl. The Labute approximate surface area is 118 Å². The molecule has 0 saturated heterocycles. The van der Waals surface area contributed by atoms with Crippen molar-refractivity contribution in [2.24, 2.45) is 0 Å². The molecular weight excluding hydrogens is 282 g/mol. The predicted octanol–water partition coefficient (Wildman–Crippen LogP) is 2.98. The number of imidazole rings is 1. The second-order valence-corrected chi connectivity index (χ2v) is 5.21. The van der Waals surface area contributed by atoms with E-state index in [2.05, 4.69) is 10.3 Å². The molecule has 96 valence electrons. The van der Waals surface area contributed by atoms with Gasteiger partial charge in [0.05, 0.1) is 22.8 Å². The van der Waals surface area contributed by atoms with Crippen LogP contribution in [0.1, 0.15) is 16.1 Å². The van der Waals surface area contributed by atoms with Crippen LogP contribution in [0.25, 0.3) is 4.96 Å². The van der Waals surface area contributed by atoms with E-state index in [4.69, 9.17) is 11.6 Å². The normalized spacial score (nSPS) is 10.8. The molecule has 0 aliphatic rings. The van der Waals surface area contributed by atoms with Gasteiger partial charge in [-0.2, -0.15) is 0 Å². The Balaban J connectivity index is 1.75. The van der Waals surface area contributed by atoms with Crippen LogP contribution < -0.4 is 5.32 Å². The zero-order valence-corrected chi connectivity index (χ0v) is 11.4. The summed E-state index contributed by atoms with van der Waals surface area (Å²) >= 11 is 7.53. The van der Waals surface area contributed by atoms with Crippen LogP contribution in [0.3, 0.4) is 0 Å². The van der Waals surface area contributed by atoms with E-state index in [0.29, 0.717) is 17.1 Å². The highest BCUT2D eigenvalue weighted by molar-refractivity contribution is 7.15. The van der Waals surface area contributed by atoms with E-state index in [9.17, 15) is 4.79 Å². The van der Waals surface area contributed by atoms with Crippen LogP contribution in [0.2, 0.25) is 5.02 Å². The molecule has 0 aliphatic heterocycles. The molecule has 1 N–H and O–H groups in total. The zero-order valence-electron chi connectivity index (χ0n) is 9.84. The number of halogens is 1. The number of aromatic nitrogens is 2. The van der Waals surface area contributed by atoms with Crippen LogP contribution in [0.5, 0.6) is 0 Å². The number of carbonyl (C=O) groups excluding carboxylic acids is 1. The molecule has 0 aliphatic carbocycles. The Bertz CT molecular complexity index is 734. The number of amides is 1. The van der Waals surface area contributed by atoms with E-state index in [1.54, 1.807) is 41.8 Å². The average molecular weight is 292 g/mol. The van der Waals surface area contributed by atoms with Crippen molar-refractivity contribution in [3.8, 4) is 0 Å². The molecule has 0 fully saturated rings. The summed E-state index contributed by atoms with van der Waals surface area (Å²) < 4.78 is 1.96. The number of nitrogens with one attached hydrogen (secondary N) is 1. The third-order valence-electron chi connectivity index (χ3n) is 2.77. The number of hydrogen-bond acceptors (Lipinski definition) is 3. The van der Waals surface area contributed by atoms with E-state index in [1.807, 2.05) is 16.0 Å². The Morgan fingerprint density at radius 3 is 3.11 bits per heavy atom. The Hall–Kier alpha value is -1.85. The lowest BCUT2D eigenvalue weighted by Crippen LogP contribution is -2.23. The van der Waals surface area contributed by atoms with Gasteiger partial charge in [-0.15, -0.1) is 11.3 Å². The predicted molar refractivity (Wildman–Crippen MR) is 75.7 cm³/mol. The lowest BCUT2D eigenvalue weighted by Gasteiger charge is -2.05. The van der Waals surface area contributed by atoms with Crippen molar-refractivity contribution in [3.05, 3.63) is 58.3 Å². The molecule has 0 unspecified atom stereocenters. The van der Waals surface area contributed by atoms with Gasteiger partial charge in [-0.25, -0.2) is 4.98 Å². The minimum Gasteiger partial charge on any atom is -0.346 e. The van der Waals surface area contributed by atoms with Gasteiger partial charge < -0.3 is 5.32 Å². The van der Waals surface area contributed by atoms with Crippen molar-refractivity contribution in [1.82, 2.24) is 14.7 Å². The fourth-order valence-corrected chi connectivity index (χ4v) is 2.88. The van der Waals surface area contributed by atoms with Gasteiger partial charge in [0.1, 0.15) is 0 Å². The van der Waals surface area contributed by atoms with Gasteiger partial charge in [-0.3, -0.25) is 9.20 Å². The van der Waals surface area contributed by atoms with Crippen LogP contribution in [-0.4, -0.2) is 15.3 Å². The van der Waals surface area contributed by atoms with Crippen molar-refractivity contribution < 1.29 is 4.79 Å². The topological polar surface area (TPSA) is 46.4 Å². The van der Waals surface area contributed by atoms with Gasteiger partial charge in [0.2, 0.25) is 0 Å². The number of fused-ring (bicyclic) bond motifs is 1. The van der Waals surface area contributed by atoms with Crippen LogP contribution in [0, 0.1) is 0 Å². The molecule has 0 radical (unpaired) electrons. The highest BCUT2D eigenvalue weighted by atomic mass is 35.5. The first-order valence-corrected chi connectivity index (χ1v) is 6.93. The first-order valence-electron chi connectivity index (χ1n) is 5.68. The number of rotatable bonds is 3. The molecule has 1 aromatic carbocycles. The van der Waals surface area contributed by atoms with E-state index in [1.165, 1.54) is 0 Å². The molecular formula is C13H10ClN3OS. The molecule has 0 spiro atoms. The largest absolute Gasteiger partial charge is 0.346 e. The molecule has 2 aromatic heterocycles. The molecule has 3 rings (SSSR count). The molecule has 4 nitrogen and oxygen atoms in total. The quantitative estimate of drug-likeness (QED) is 0.806. The van der Waals surface area contributed by atoms with Gasteiger partial charge in [0.25, 0.3) is 5.91 Å². The zero-order chi connectivity index (χ0) is 13.2. The van der Waals surface area contributed by atoms with Crippen molar-refractivity contribution in [2.45, 2.75) is 6.54 Å². The monoisotopic (exact) mass is 291 g/mol. The average Bonchev–Trinajstić information content (AvgIpc) is 3.00. The summed E-state index contributed by atoms with van der Waals surface area (Å²) in [6.45, 7) is 0.445. The third kappa shape index (κ3) is 2.34.